The average Bonchev–Trinajstić information content (AvgIpc) is 3.01. The molecular formula is C15H18O5. The second-order valence-corrected chi connectivity index (χ2v) is 6.72. The van der Waals surface area contributed by atoms with Crippen molar-refractivity contribution in [3.05, 3.63) is 12.2 Å². The van der Waals surface area contributed by atoms with Crippen LogP contribution in [0.25, 0.3) is 0 Å². The molecule has 0 aromatic heterocycles. The van der Waals surface area contributed by atoms with Crippen LogP contribution in [0.4, 0.5) is 0 Å². The molecule has 6 atom stereocenters. The van der Waals surface area contributed by atoms with Crippen molar-refractivity contribution in [3.8, 4) is 0 Å². The van der Waals surface area contributed by atoms with E-state index in [4.69, 9.17) is 9.47 Å². The van der Waals surface area contributed by atoms with Gasteiger partial charge in [0.1, 0.15) is 17.6 Å². The monoisotopic (exact) mass is 278 g/mol. The summed E-state index contributed by atoms with van der Waals surface area (Å²) in [5, 5.41) is 11.1. The molecule has 0 aromatic rings. The van der Waals surface area contributed by atoms with E-state index in [1.165, 1.54) is 0 Å². The molecule has 3 saturated carbocycles. The number of hydrogen-bond acceptors (Lipinski definition) is 5. The van der Waals surface area contributed by atoms with Gasteiger partial charge in [0.15, 0.2) is 0 Å². The molecule has 1 heterocycles. The third-order valence-corrected chi connectivity index (χ3v) is 5.97. The van der Waals surface area contributed by atoms with Gasteiger partial charge < -0.3 is 14.6 Å². The summed E-state index contributed by atoms with van der Waals surface area (Å²) in [6.07, 6.45) is 1.92. The van der Waals surface area contributed by atoms with Gasteiger partial charge in [-0.15, -0.1) is 0 Å². The van der Waals surface area contributed by atoms with E-state index in [0.717, 1.165) is 6.42 Å². The van der Waals surface area contributed by atoms with Gasteiger partial charge in [-0.25, -0.2) is 4.79 Å². The summed E-state index contributed by atoms with van der Waals surface area (Å²) in [6, 6.07) is 0. The molecule has 1 N–H and O–H groups in total. The van der Waals surface area contributed by atoms with Crippen molar-refractivity contribution in [1.82, 2.24) is 0 Å². The van der Waals surface area contributed by atoms with Gasteiger partial charge in [-0.2, -0.15) is 0 Å². The standard InChI is InChI=1S/C15H18O5/c1-7(2)12(16)19-11-9-6-8-10(11)20-13(17)14(8)4-3-5-15(9,14)18/h8-11,18H,1,3-6H2,2H3. The van der Waals surface area contributed by atoms with Gasteiger partial charge in [0.2, 0.25) is 0 Å². The lowest BCUT2D eigenvalue weighted by atomic mass is 9.65. The van der Waals surface area contributed by atoms with Crippen molar-refractivity contribution >= 4 is 11.9 Å². The Kier molecular flexibility index (Phi) is 2.14. The first-order valence-electron chi connectivity index (χ1n) is 7.22. The van der Waals surface area contributed by atoms with E-state index in [0.29, 0.717) is 24.8 Å². The maximum Gasteiger partial charge on any atom is 0.333 e. The minimum Gasteiger partial charge on any atom is -0.458 e. The molecule has 4 aliphatic rings. The lowest BCUT2D eigenvalue weighted by molar-refractivity contribution is -0.166. The highest BCUT2D eigenvalue weighted by Gasteiger charge is 2.83. The van der Waals surface area contributed by atoms with E-state index in [-0.39, 0.29) is 23.9 Å². The quantitative estimate of drug-likeness (QED) is 0.601. The Morgan fingerprint density at radius 1 is 1.45 bits per heavy atom. The van der Waals surface area contributed by atoms with Crippen LogP contribution in [0.2, 0.25) is 0 Å². The number of rotatable bonds is 2. The zero-order chi connectivity index (χ0) is 14.3. The van der Waals surface area contributed by atoms with Gasteiger partial charge in [-0.05, 0) is 32.6 Å². The van der Waals surface area contributed by atoms with Crippen molar-refractivity contribution in [3.63, 3.8) is 0 Å². The molecule has 20 heavy (non-hydrogen) atoms. The molecule has 0 radical (unpaired) electrons. The number of fused-ring (bicyclic) bond motifs is 2. The van der Waals surface area contributed by atoms with Crippen LogP contribution in [-0.2, 0) is 19.1 Å². The van der Waals surface area contributed by atoms with Crippen LogP contribution in [0.5, 0.6) is 0 Å². The van der Waals surface area contributed by atoms with Gasteiger partial charge in [-0.3, -0.25) is 4.79 Å². The van der Waals surface area contributed by atoms with Crippen LogP contribution >= 0.6 is 0 Å². The molecule has 1 aliphatic heterocycles. The van der Waals surface area contributed by atoms with Crippen molar-refractivity contribution in [1.29, 1.82) is 0 Å². The third-order valence-electron chi connectivity index (χ3n) is 5.97. The lowest BCUT2D eigenvalue weighted by Crippen LogP contribution is -2.56. The fourth-order valence-corrected chi connectivity index (χ4v) is 5.23. The second-order valence-electron chi connectivity index (χ2n) is 6.72. The topological polar surface area (TPSA) is 72.8 Å². The van der Waals surface area contributed by atoms with Gasteiger partial charge in [0.05, 0.1) is 5.60 Å². The minimum atomic E-state index is -1.05. The van der Waals surface area contributed by atoms with E-state index in [1.54, 1.807) is 6.92 Å². The van der Waals surface area contributed by atoms with Crippen LogP contribution in [0.3, 0.4) is 0 Å². The maximum absolute atomic E-state index is 12.3. The Labute approximate surface area is 116 Å². The molecule has 1 saturated heterocycles. The van der Waals surface area contributed by atoms with Crippen LogP contribution in [-0.4, -0.2) is 34.9 Å². The van der Waals surface area contributed by atoms with Gasteiger partial charge in [0, 0.05) is 17.4 Å². The van der Waals surface area contributed by atoms with Crippen molar-refractivity contribution < 1.29 is 24.2 Å². The Balaban J connectivity index is 1.73. The van der Waals surface area contributed by atoms with Crippen LogP contribution in [0.1, 0.15) is 32.6 Å². The fourth-order valence-electron chi connectivity index (χ4n) is 5.23. The first-order chi connectivity index (χ1) is 9.42. The highest BCUT2D eigenvalue weighted by Crippen LogP contribution is 2.72. The molecule has 4 fully saturated rings. The molecule has 3 aliphatic carbocycles. The first kappa shape index (κ1) is 12.4. The summed E-state index contributed by atoms with van der Waals surface area (Å²) in [5.41, 5.74) is -1.46. The SMILES string of the molecule is C=C(C)C(=O)OC1C2OC(=O)C34CCCC3(O)C1CC24. The molecule has 0 aromatic carbocycles. The second kappa shape index (κ2) is 3.45. The molecular weight excluding hydrogens is 260 g/mol. The predicted octanol–water partition coefficient (Wildman–Crippen LogP) is 0.951. The molecule has 6 unspecified atom stereocenters. The Morgan fingerprint density at radius 3 is 2.90 bits per heavy atom. The zero-order valence-corrected chi connectivity index (χ0v) is 11.4. The summed E-state index contributed by atoms with van der Waals surface area (Å²) in [5.74, 6) is -0.952. The third kappa shape index (κ3) is 1.07. The van der Waals surface area contributed by atoms with E-state index < -0.39 is 23.1 Å². The molecule has 5 nitrogen and oxygen atoms in total. The van der Waals surface area contributed by atoms with Crippen molar-refractivity contribution in [2.45, 2.75) is 50.4 Å². The number of carbonyl (C=O) groups is 2. The first-order valence-corrected chi connectivity index (χ1v) is 7.22. The molecule has 108 valence electrons. The molecule has 5 heteroatoms. The van der Waals surface area contributed by atoms with Gasteiger partial charge in [-0.1, -0.05) is 6.58 Å². The number of carbonyl (C=O) groups excluding carboxylic acids is 2. The Hall–Kier alpha value is -1.36. The van der Waals surface area contributed by atoms with Crippen LogP contribution in [0, 0.1) is 17.3 Å². The van der Waals surface area contributed by atoms with E-state index in [9.17, 15) is 14.7 Å². The molecule has 4 rings (SSSR count). The fraction of sp³-hybridized carbons (Fsp3) is 0.733. The highest BCUT2D eigenvalue weighted by atomic mass is 16.6. The minimum absolute atomic E-state index is 0.00424. The molecule has 2 bridgehead atoms. The number of esters is 2. The Bertz CT molecular complexity index is 540. The van der Waals surface area contributed by atoms with Gasteiger partial charge in [0.25, 0.3) is 0 Å². The highest BCUT2D eigenvalue weighted by molar-refractivity contribution is 5.88. The van der Waals surface area contributed by atoms with Crippen LogP contribution in [0.15, 0.2) is 12.2 Å². The van der Waals surface area contributed by atoms with E-state index in [1.807, 2.05) is 0 Å². The number of ether oxygens (including phenoxy) is 2. The van der Waals surface area contributed by atoms with Crippen LogP contribution < -0.4 is 0 Å². The summed E-state index contributed by atoms with van der Waals surface area (Å²) < 4.78 is 11.0. The molecule has 1 spiro atoms. The smallest absolute Gasteiger partial charge is 0.333 e. The summed E-state index contributed by atoms with van der Waals surface area (Å²) in [6.45, 7) is 5.16. The lowest BCUT2D eigenvalue weighted by Gasteiger charge is -2.41. The summed E-state index contributed by atoms with van der Waals surface area (Å²) >= 11 is 0. The largest absolute Gasteiger partial charge is 0.458 e. The Morgan fingerprint density at radius 2 is 2.20 bits per heavy atom. The molecule has 0 amide bonds. The summed E-state index contributed by atoms with van der Waals surface area (Å²) in [4.78, 5) is 24.1. The normalized spacial score (nSPS) is 51.0. The van der Waals surface area contributed by atoms with Crippen molar-refractivity contribution in [2.75, 3.05) is 0 Å². The maximum atomic E-state index is 12.3. The average molecular weight is 278 g/mol. The summed E-state index contributed by atoms with van der Waals surface area (Å²) in [7, 11) is 0. The van der Waals surface area contributed by atoms with E-state index in [2.05, 4.69) is 6.58 Å². The van der Waals surface area contributed by atoms with Gasteiger partial charge >= 0.3 is 11.9 Å². The van der Waals surface area contributed by atoms with E-state index >= 15 is 0 Å². The number of hydrogen-bond donors (Lipinski definition) is 1. The number of aliphatic hydroxyl groups is 1. The van der Waals surface area contributed by atoms with Crippen molar-refractivity contribution in [2.24, 2.45) is 17.3 Å². The predicted molar refractivity (Wildman–Crippen MR) is 67.4 cm³/mol. The zero-order valence-electron chi connectivity index (χ0n) is 11.4.